The molecular formula is C18H29N3O2. The maximum absolute atomic E-state index is 5.76. The molecule has 0 unspecified atom stereocenters. The lowest BCUT2D eigenvalue weighted by atomic mass is 9.94. The summed E-state index contributed by atoms with van der Waals surface area (Å²) in [7, 11) is 1.78. The van der Waals surface area contributed by atoms with Crippen molar-refractivity contribution in [2.75, 3.05) is 33.4 Å². The number of methoxy groups -OCH3 is 1. The van der Waals surface area contributed by atoms with Gasteiger partial charge < -0.3 is 20.1 Å². The topological polar surface area (TPSA) is 54.9 Å². The summed E-state index contributed by atoms with van der Waals surface area (Å²) in [6.07, 6.45) is 1.82. The zero-order valence-electron chi connectivity index (χ0n) is 14.5. The van der Waals surface area contributed by atoms with Gasteiger partial charge in [-0.3, -0.25) is 0 Å². The molecule has 5 heteroatoms. The summed E-state index contributed by atoms with van der Waals surface area (Å²) in [5.41, 5.74) is 2.32. The maximum Gasteiger partial charge on any atom is 0.191 e. The van der Waals surface area contributed by atoms with Gasteiger partial charge in [-0.05, 0) is 19.4 Å². The van der Waals surface area contributed by atoms with Crippen LogP contribution in [0.25, 0.3) is 0 Å². The molecule has 5 nitrogen and oxygen atoms in total. The van der Waals surface area contributed by atoms with Crippen LogP contribution in [0.5, 0.6) is 0 Å². The van der Waals surface area contributed by atoms with Crippen molar-refractivity contribution < 1.29 is 9.47 Å². The predicted molar refractivity (Wildman–Crippen MR) is 93.8 cm³/mol. The molecule has 0 atom stereocenters. The second-order valence-corrected chi connectivity index (χ2v) is 6.03. The predicted octanol–water partition coefficient (Wildman–Crippen LogP) is 2.25. The van der Waals surface area contributed by atoms with Crippen molar-refractivity contribution in [2.24, 2.45) is 4.99 Å². The Bertz CT molecular complexity index is 493. The molecule has 23 heavy (non-hydrogen) atoms. The van der Waals surface area contributed by atoms with Gasteiger partial charge in [-0.2, -0.15) is 0 Å². The second-order valence-electron chi connectivity index (χ2n) is 6.03. The summed E-state index contributed by atoms with van der Waals surface area (Å²) in [6, 6.07) is 8.48. The number of hydrogen-bond acceptors (Lipinski definition) is 3. The van der Waals surface area contributed by atoms with E-state index in [0.717, 1.165) is 45.1 Å². The molecule has 1 aliphatic rings. The molecule has 2 N–H and O–H groups in total. The number of nitrogens with zero attached hydrogens (tertiary/aromatic N) is 1. The summed E-state index contributed by atoms with van der Waals surface area (Å²) >= 11 is 0. The van der Waals surface area contributed by atoms with Gasteiger partial charge in [0.15, 0.2) is 5.96 Å². The van der Waals surface area contributed by atoms with Gasteiger partial charge in [0.25, 0.3) is 0 Å². The molecule has 0 saturated carbocycles. The molecular weight excluding hydrogens is 290 g/mol. The van der Waals surface area contributed by atoms with Crippen molar-refractivity contribution in [2.45, 2.75) is 38.8 Å². The van der Waals surface area contributed by atoms with E-state index >= 15 is 0 Å². The Balaban J connectivity index is 1.94. The molecule has 0 bridgehead atoms. The van der Waals surface area contributed by atoms with Gasteiger partial charge >= 0.3 is 0 Å². The molecule has 0 radical (unpaired) electrons. The van der Waals surface area contributed by atoms with Crippen LogP contribution in [0.2, 0.25) is 0 Å². The highest BCUT2D eigenvalue weighted by atomic mass is 16.5. The van der Waals surface area contributed by atoms with Crippen molar-refractivity contribution in [1.29, 1.82) is 0 Å². The highest BCUT2D eigenvalue weighted by Crippen LogP contribution is 2.23. The number of benzene rings is 1. The van der Waals surface area contributed by atoms with Gasteiger partial charge in [-0.1, -0.05) is 29.8 Å². The third kappa shape index (κ3) is 5.52. The minimum absolute atomic E-state index is 0.154. The van der Waals surface area contributed by atoms with Gasteiger partial charge in [0.05, 0.1) is 12.1 Å². The first-order chi connectivity index (χ1) is 11.2. The molecule has 0 aromatic heterocycles. The van der Waals surface area contributed by atoms with Crippen molar-refractivity contribution in [3.8, 4) is 0 Å². The molecule has 1 saturated heterocycles. The molecule has 128 valence electrons. The van der Waals surface area contributed by atoms with Crippen LogP contribution in [0.3, 0.4) is 0 Å². The average Bonchev–Trinajstić information content (AvgIpc) is 2.59. The number of ether oxygens (including phenoxy) is 2. The molecule has 2 rings (SSSR count). The average molecular weight is 319 g/mol. The lowest BCUT2D eigenvalue weighted by Gasteiger charge is -2.36. The number of guanidine groups is 1. The number of nitrogens with one attached hydrogen (secondary N) is 2. The number of aryl methyl sites for hydroxylation is 1. The largest absolute Gasteiger partial charge is 0.381 e. The lowest BCUT2D eigenvalue weighted by Crippen LogP contribution is -2.50. The molecule has 0 aliphatic carbocycles. The highest BCUT2D eigenvalue weighted by Gasteiger charge is 2.32. The first-order valence-electron chi connectivity index (χ1n) is 8.38. The van der Waals surface area contributed by atoms with E-state index in [0.29, 0.717) is 6.54 Å². The Morgan fingerprint density at radius 2 is 1.91 bits per heavy atom. The van der Waals surface area contributed by atoms with Crippen LogP contribution >= 0.6 is 0 Å². The van der Waals surface area contributed by atoms with Crippen LogP contribution < -0.4 is 10.6 Å². The van der Waals surface area contributed by atoms with E-state index in [4.69, 9.17) is 9.47 Å². The molecule has 1 aromatic rings. The smallest absolute Gasteiger partial charge is 0.191 e. The SMILES string of the molecule is CCNC(=NCc1ccc(C)cc1)NCC1(OC)CCOCC1. The van der Waals surface area contributed by atoms with Crippen molar-refractivity contribution >= 4 is 5.96 Å². The monoisotopic (exact) mass is 319 g/mol. The van der Waals surface area contributed by atoms with Crippen LogP contribution in [0.4, 0.5) is 0 Å². The van der Waals surface area contributed by atoms with E-state index in [1.165, 1.54) is 11.1 Å². The van der Waals surface area contributed by atoms with E-state index in [-0.39, 0.29) is 5.60 Å². The Kier molecular flexibility index (Phi) is 6.86. The van der Waals surface area contributed by atoms with Crippen LogP contribution in [0, 0.1) is 6.92 Å². The number of hydrogen-bond donors (Lipinski definition) is 2. The summed E-state index contributed by atoms with van der Waals surface area (Å²) in [5.74, 6) is 0.830. The normalized spacial score (nSPS) is 17.8. The van der Waals surface area contributed by atoms with Gasteiger partial charge in [0.2, 0.25) is 0 Å². The van der Waals surface area contributed by atoms with Crippen LogP contribution in [-0.4, -0.2) is 45.0 Å². The Morgan fingerprint density at radius 3 is 2.52 bits per heavy atom. The van der Waals surface area contributed by atoms with E-state index in [1.807, 2.05) is 0 Å². The lowest BCUT2D eigenvalue weighted by molar-refractivity contribution is -0.0855. The zero-order valence-corrected chi connectivity index (χ0v) is 14.5. The zero-order chi connectivity index (χ0) is 16.5. The number of rotatable bonds is 6. The summed E-state index contributed by atoms with van der Waals surface area (Å²) in [6.45, 7) is 7.92. The first kappa shape index (κ1) is 17.8. The van der Waals surface area contributed by atoms with Crippen LogP contribution in [0.15, 0.2) is 29.3 Å². The second kappa shape index (κ2) is 8.89. The van der Waals surface area contributed by atoms with E-state index in [9.17, 15) is 0 Å². The van der Waals surface area contributed by atoms with E-state index in [2.05, 4.69) is 53.7 Å². The fourth-order valence-electron chi connectivity index (χ4n) is 2.65. The van der Waals surface area contributed by atoms with E-state index in [1.54, 1.807) is 7.11 Å². The first-order valence-corrected chi connectivity index (χ1v) is 8.38. The summed E-state index contributed by atoms with van der Waals surface area (Å²) < 4.78 is 11.2. The highest BCUT2D eigenvalue weighted by molar-refractivity contribution is 5.79. The Hall–Kier alpha value is -1.59. The van der Waals surface area contributed by atoms with Crippen molar-refractivity contribution in [3.05, 3.63) is 35.4 Å². The fraction of sp³-hybridized carbons (Fsp3) is 0.611. The third-order valence-electron chi connectivity index (χ3n) is 4.30. The molecule has 1 aromatic carbocycles. The van der Waals surface area contributed by atoms with Gasteiger partial charge in [-0.25, -0.2) is 4.99 Å². The van der Waals surface area contributed by atoms with E-state index < -0.39 is 0 Å². The molecule has 1 heterocycles. The van der Waals surface area contributed by atoms with Crippen molar-refractivity contribution in [3.63, 3.8) is 0 Å². The third-order valence-corrected chi connectivity index (χ3v) is 4.30. The van der Waals surface area contributed by atoms with Gasteiger partial charge in [0.1, 0.15) is 0 Å². The van der Waals surface area contributed by atoms with Gasteiger partial charge in [0, 0.05) is 46.3 Å². The minimum atomic E-state index is -0.154. The summed E-state index contributed by atoms with van der Waals surface area (Å²) in [5, 5.41) is 6.72. The maximum atomic E-state index is 5.76. The Labute approximate surface area is 139 Å². The number of aliphatic imine (C=N–C) groups is 1. The molecule has 1 fully saturated rings. The standard InChI is InChI=1S/C18H29N3O2/c1-4-19-17(20-13-16-7-5-15(2)6-8-16)21-14-18(22-3)9-11-23-12-10-18/h5-8H,4,9-14H2,1-3H3,(H2,19,20,21). The Morgan fingerprint density at radius 1 is 1.22 bits per heavy atom. The quantitative estimate of drug-likeness (QED) is 0.624. The van der Waals surface area contributed by atoms with Crippen molar-refractivity contribution in [1.82, 2.24) is 10.6 Å². The molecule has 0 spiro atoms. The molecule has 1 aliphatic heterocycles. The fourth-order valence-corrected chi connectivity index (χ4v) is 2.65. The van der Waals surface area contributed by atoms with Gasteiger partial charge in [-0.15, -0.1) is 0 Å². The molecule has 0 amide bonds. The minimum Gasteiger partial charge on any atom is -0.381 e. The van der Waals surface area contributed by atoms with Crippen LogP contribution in [0.1, 0.15) is 30.9 Å². The summed E-state index contributed by atoms with van der Waals surface area (Å²) in [4.78, 5) is 4.67. The van der Waals surface area contributed by atoms with Crippen LogP contribution in [-0.2, 0) is 16.0 Å².